The second kappa shape index (κ2) is 7.23. The number of aromatic nitrogens is 1. The second-order valence-electron chi connectivity index (χ2n) is 5.96. The van der Waals surface area contributed by atoms with Gasteiger partial charge in [-0.3, -0.25) is 4.72 Å². The number of hydrogen-bond acceptors (Lipinski definition) is 3. The molecule has 146 valence electrons. The fraction of sp³-hybridized carbons (Fsp3) is 0.105. The van der Waals surface area contributed by atoms with E-state index < -0.39 is 21.8 Å². The summed E-state index contributed by atoms with van der Waals surface area (Å²) in [5.74, 6) is -0.362. The molecular weight excluding hydrogens is 396 g/mol. The standard InChI is InChI=1S/C19H14F4N2O2S/c1-12-17(13-2-6-15(20)7-3-13)10-11-18(24-12)25-28(26,27)16-8-4-14(5-9-16)19(21,22)23/h2-11H,1H3,(H,24,25). The summed E-state index contributed by atoms with van der Waals surface area (Å²) in [5.41, 5.74) is 0.962. The third-order valence-electron chi connectivity index (χ3n) is 3.97. The minimum Gasteiger partial charge on any atom is -0.263 e. The van der Waals surface area contributed by atoms with Crippen LogP contribution in [-0.2, 0) is 16.2 Å². The van der Waals surface area contributed by atoms with Crippen molar-refractivity contribution in [3.8, 4) is 11.1 Å². The molecule has 2 aromatic carbocycles. The first-order chi connectivity index (χ1) is 13.1. The summed E-state index contributed by atoms with van der Waals surface area (Å²) >= 11 is 0. The van der Waals surface area contributed by atoms with Crippen molar-refractivity contribution in [2.75, 3.05) is 4.72 Å². The van der Waals surface area contributed by atoms with Gasteiger partial charge in [0.1, 0.15) is 11.6 Å². The predicted octanol–water partition coefficient (Wildman–Crippen LogP) is 5.02. The van der Waals surface area contributed by atoms with E-state index in [1.54, 1.807) is 25.1 Å². The van der Waals surface area contributed by atoms with Gasteiger partial charge in [-0.1, -0.05) is 12.1 Å². The lowest BCUT2D eigenvalue weighted by atomic mass is 10.0. The molecule has 0 aliphatic carbocycles. The highest BCUT2D eigenvalue weighted by molar-refractivity contribution is 7.92. The van der Waals surface area contributed by atoms with Crippen molar-refractivity contribution >= 4 is 15.8 Å². The van der Waals surface area contributed by atoms with Crippen LogP contribution in [0.2, 0.25) is 0 Å². The third kappa shape index (κ3) is 4.30. The summed E-state index contributed by atoms with van der Waals surface area (Å²) in [6, 6.07) is 12.0. The van der Waals surface area contributed by atoms with E-state index in [-0.39, 0.29) is 16.5 Å². The molecule has 28 heavy (non-hydrogen) atoms. The van der Waals surface area contributed by atoms with E-state index in [4.69, 9.17) is 0 Å². The minimum absolute atomic E-state index is 0.0169. The Bertz CT molecular complexity index is 1090. The van der Waals surface area contributed by atoms with Gasteiger partial charge in [0.25, 0.3) is 10.0 Å². The van der Waals surface area contributed by atoms with Crippen molar-refractivity contribution in [1.29, 1.82) is 0 Å². The van der Waals surface area contributed by atoms with Crippen LogP contribution in [0.5, 0.6) is 0 Å². The molecule has 0 atom stereocenters. The fourth-order valence-corrected chi connectivity index (χ4v) is 3.57. The first-order valence-electron chi connectivity index (χ1n) is 8.00. The van der Waals surface area contributed by atoms with Gasteiger partial charge in [-0.2, -0.15) is 13.2 Å². The van der Waals surface area contributed by atoms with Gasteiger partial charge in [-0.25, -0.2) is 17.8 Å². The van der Waals surface area contributed by atoms with Crippen LogP contribution in [-0.4, -0.2) is 13.4 Å². The van der Waals surface area contributed by atoms with Gasteiger partial charge in [-0.05, 0) is 61.0 Å². The molecule has 0 unspecified atom stereocenters. The Morgan fingerprint density at radius 3 is 2.04 bits per heavy atom. The zero-order valence-corrected chi connectivity index (χ0v) is 15.3. The molecule has 0 saturated heterocycles. The van der Waals surface area contributed by atoms with Crippen LogP contribution in [0.15, 0.2) is 65.6 Å². The molecule has 0 bridgehead atoms. The molecule has 9 heteroatoms. The molecule has 0 saturated carbocycles. The topological polar surface area (TPSA) is 59.1 Å². The molecule has 4 nitrogen and oxygen atoms in total. The summed E-state index contributed by atoms with van der Waals surface area (Å²) in [5, 5.41) is 0. The zero-order chi connectivity index (χ0) is 20.5. The van der Waals surface area contributed by atoms with Crippen LogP contribution < -0.4 is 4.72 Å². The smallest absolute Gasteiger partial charge is 0.263 e. The number of alkyl halides is 3. The van der Waals surface area contributed by atoms with Crippen LogP contribution in [0, 0.1) is 12.7 Å². The van der Waals surface area contributed by atoms with Gasteiger partial charge >= 0.3 is 6.18 Å². The van der Waals surface area contributed by atoms with Crippen LogP contribution >= 0.6 is 0 Å². The number of hydrogen-bond donors (Lipinski definition) is 1. The molecule has 0 aliphatic heterocycles. The van der Waals surface area contributed by atoms with E-state index in [0.29, 0.717) is 29.0 Å². The van der Waals surface area contributed by atoms with E-state index in [0.717, 1.165) is 12.1 Å². The highest BCUT2D eigenvalue weighted by atomic mass is 32.2. The zero-order valence-electron chi connectivity index (χ0n) is 14.5. The summed E-state index contributed by atoms with van der Waals surface area (Å²) in [7, 11) is -4.10. The SMILES string of the molecule is Cc1nc(NS(=O)(=O)c2ccc(C(F)(F)F)cc2)ccc1-c1ccc(F)cc1. The number of anilines is 1. The summed E-state index contributed by atoms with van der Waals surface area (Å²) in [6.07, 6.45) is -4.55. The number of rotatable bonds is 4. The van der Waals surface area contributed by atoms with Gasteiger partial charge in [0, 0.05) is 11.3 Å². The van der Waals surface area contributed by atoms with Crippen molar-refractivity contribution in [3.63, 3.8) is 0 Å². The maximum Gasteiger partial charge on any atom is 0.416 e. The molecule has 0 spiro atoms. The maximum absolute atomic E-state index is 13.0. The molecule has 1 aromatic heterocycles. The van der Waals surface area contributed by atoms with Crippen molar-refractivity contribution in [3.05, 3.63) is 77.7 Å². The van der Waals surface area contributed by atoms with E-state index in [2.05, 4.69) is 9.71 Å². The second-order valence-corrected chi connectivity index (χ2v) is 7.65. The van der Waals surface area contributed by atoms with Gasteiger partial charge < -0.3 is 0 Å². The largest absolute Gasteiger partial charge is 0.416 e. The van der Waals surface area contributed by atoms with Crippen molar-refractivity contribution < 1.29 is 26.0 Å². The normalized spacial score (nSPS) is 12.0. The van der Waals surface area contributed by atoms with Crippen molar-refractivity contribution in [2.24, 2.45) is 0 Å². The van der Waals surface area contributed by atoms with Crippen LogP contribution in [0.3, 0.4) is 0 Å². The highest BCUT2D eigenvalue weighted by Gasteiger charge is 2.30. The van der Waals surface area contributed by atoms with E-state index in [9.17, 15) is 26.0 Å². The Morgan fingerprint density at radius 2 is 1.50 bits per heavy atom. The quantitative estimate of drug-likeness (QED) is 0.615. The van der Waals surface area contributed by atoms with E-state index in [1.165, 1.54) is 18.2 Å². The van der Waals surface area contributed by atoms with Crippen molar-refractivity contribution in [1.82, 2.24) is 4.98 Å². The monoisotopic (exact) mass is 410 g/mol. The molecule has 1 N–H and O–H groups in total. The van der Waals surface area contributed by atoms with Gasteiger partial charge in [0.2, 0.25) is 0 Å². The number of pyridine rings is 1. The minimum atomic E-state index is -4.55. The van der Waals surface area contributed by atoms with Crippen LogP contribution in [0.25, 0.3) is 11.1 Å². The Labute approximate surface area is 158 Å². The highest BCUT2D eigenvalue weighted by Crippen LogP contribution is 2.30. The van der Waals surface area contributed by atoms with Gasteiger partial charge in [-0.15, -0.1) is 0 Å². The summed E-state index contributed by atoms with van der Waals surface area (Å²) < 4.78 is 77.9. The van der Waals surface area contributed by atoms with E-state index >= 15 is 0 Å². The average molecular weight is 410 g/mol. The Morgan fingerprint density at radius 1 is 0.893 bits per heavy atom. The predicted molar refractivity (Wildman–Crippen MR) is 96.6 cm³/mol. The molecule has 0 radical (unpaired) electrons. The number of aryl methyl sites for hydroxylation is 1. The van der Waals surface area contributed by atoms with Gasteiger partial charge in [0.05, 0.1) is 10.5 Å². The number of nitrogens with zero attached hydrogens (tertiary/aromatic N) is 1. The molecular formula is C19H14F4N2O2S. The van der Waals surface area contributed by atoms with Gasteiger partial charge in [0.15, 0.2) is 0 Å². The number of nitrogens with one attached hydrogen (secondary N) is 1. The Hall–Kier alpha value is -2.94. The van der Waals surface area contributed by atoms with Crippen LogP contribution in [0.4, 0.5) is 23.4 Å². The first-order valence-corrected chi connectivity index (χ1v) is 9.48. The first kappa shape index (κ1) is 19.8. The Kier molecular flexibility index (Phi) is 5.12. The third-order valence-corrected chi connectivity index (χ3v) is 5.34. The summed E-state index contributed by atoms with van der Waals surface area (Å²) in [4.78, 5) is 3.86. The molecule has 0 amide bonds. The molecule has 3 aromatic rings. The number of halogens is 4. The lowest BCUT2D eigenvalue weighted by Crippen LogP contribution is -2.15. The Balaban J connectivity index is 1.84. The summed E-state index contributed by atoms with van der Waals surface area (Å²) in [6.45, 7) is 1.66. The maximum atomic E-state index is 13.0. The average Bonchev–Trinajstić information content (AvgIpc) is 2.62. The lowest BCUT2D eigenvalue weighted by molar-refractivity contribution is -0.137. The number of sulfonamides is 1. The molecule has 0 aliphatic rings. The molecule has 1 heterocycles. The van der Waals surface area contributed by atoms with E-state index in [1.807, 2.05) is 0 Å². The fourth-order valence-electron chi connectivity index (χ4n) is 2.57. The lowest BCUT2D eigenvalue weighted by Gasteiger charge is -2.12. The molecule has 0 fully saturated rings. The number of benzene rings is 2. The van der Waals surface area contributed by atoms with Crippen molar-refractivity contribution in [2.45, 2.75) is 18.0 Å². The molecule has 3 rings (SSSR count). The van der Waals surface area contributed by atoms with Crippen LogP contribution in [0.1, 0.15) is 11.3 Å².